The number of carboxylic acid groups (broad SMARTS) is 1. The first-order valence-corrected chi connectivity index (χ1v) is 7.28. The summed E-state index contributed by atoms with van der Waals surface area (Å²) >= 11 is 0. The molecule has 3 heteroatoms. The number of hydrogen-bond donors (Lipinski definition) is 1. The van der Waals surface area contributed by atoms with E-state index in [0.29, 0.717) is 6.04 Å². The second-order valence-corrected chi connectivity index (χ2v) is 6.46. The number of hydrogen-bond acceptors (Lipinski definition) is 2. The fourth-order valence-electron chi connectivity index (χ4n) is 4.04. The third-order valence-corrected chi connectivity index (χ3v) is 5.25. The van der Waals surface area contributed by atoms with E-state index in [1.807, 2.05) is 0 Å². The van der Waals surface area contributed by atoms with Gasteiger partial charge in [0.25, 0.3) is 0 Å². The van der Waals surface area contributed by atoms with Crippen LogP contribution in [0.15, 0.2) is 12.2 Å². The van der Waals surface area contributed by atoms with Crippen LogP contribution in [0.4, 0.5) is 0 Å². The number of carbonyl (C=O) groups is 1. The molecule has 2 bridgehead atoms. The number of rotatable bonds is 3. The summed E-state index contributed by atoms with van der Waals surface area (Å²) in [4.78, 5) is 13.6. The van der Waals surface area contributed by atoms with Crippen molar-refractivity contribution in [1.82, 2.24) is 4.90 Å². The molecule has 0 spiro atoms. The summed E-state index contributed by atoms with van der Waals surface area (Å²) in [5, 5.41) is 9.17. The largest absolute Gasteiger partial charge is 0.481 e. The zero-order chi connectivity index (χ0) is 12.7. The summed E-state index contributed by atoms with van der Waals surface area (Å²) in [5.74, 6) is 1.60. The van der Waals surface area contributed by atoms with Crippen molar-refractivity contribution < 1.29 is 9.90 Å². The van der Waals surface area contributed by atoms with Crippen LogP contribution < -0.4 is 0 Å². The van der Waals surface area contributed by atoms with Crippen LogP contribution in [-0.4, -0.2) is 35.1 Å². The van der Waals surface area contributed by atoms with E-state index in [9.17, 15) is 9.90 Å². The van der Waals surface area contributed by atoms with Crippen LogP contribution in [-0.2, 0) is 4.79 Å². The highest BCUT2D eigenvalue weighted by molar-refractivity contribution is 5.70. The van der Waals surface area contributed by atoms with Gasteiger partial charge in [-0.2, -0.15) is 0 Å². The molecule has 1 heterocycles. The van der Waals surface area contributed by atoms with Gasteiger partial charge in [-0.1, -0.05) is 12.2 Å². The predicted molar refractivity (Wildman–Crippen MR) is 70.2 cm³/mol. The quantitative estimate of drug-likeness (QED) is 0.781. The van der Waals surface area contributed by atoms with Crippen LogP contribution in [0.2, 0.25) is 0 Å². The molecule has 1 aliphatic heterocycles. The maximum atomic E-state index is 11.1. The van der Waals surface area contributed by atoms with E-state index in [0.717, 1.165) is 43.7 Å². The summed E-state index contributed by atoms with van der Waals surface area (Å²) in [6.45, 7) is 4.12. The summed E-state index contributed by atoms with van der Waals surface area (Å²) in [6, 6.07) is 0.559. The van der Waals surface area contributed by atoms with Gasteiger partial charge < -0.3 is 5.11 Å². The third-order valence-electron chi connectivity index (χ3n) is 5.25. The lowest BCUT2D eigenvalue weighted by Gasteiger charge is -2.39. The molecule has 0 radical (unpaired) electrons. The molecular formula is C15H23NO2. The highest BCUT2D eigenvalue weighted by Gasteiger charge is 2.38. The van der Waals surface area contributed by atoms with Gasteiger partial charge in [-0.3, -0.25) is 9.69 Å². The SMILES string of the molecule is CC1CCC(C(=O)O)CN1CC1CC2C=CC1C2. The minimum absolute atomic E-state index is 0.143. The first kappa shape index (κ1) is 12.2. The highest BCUT2D eigenvalue weighted by atomic mass is 16.4. The van der Waals surface area contributed by atoms with Gasteiger partial charge in [0.1, 0.15) is 0 Å². The summed E-state index contributed by atoms with van der Waals surface area (Å²) in [7, 11) is 0. The average Bonchev–Trinajstić information content (AvgIpc) is 2.93. The molecule has 1 N–H and O–H groups in total. The highest BCUT2D eigenvalue weighted by Crippen LogP contribution is 2.44. The van der Waals surface area contributed by atoms with Crippen LogP contribution in [0.25, 0.3) is 0 Å². The van der Waals surface area contributed by atoms with Gasteiger partial charge in [0.15, 0.2) is 0 Å². The van der Waals surface area contributed by atoms with E-state index in [2.05, 4.69) is 24.0 Å². The molecule has 1 saturated carbocycles. The zero-order valence-electron chi connectivity index (χ0n) is 11.1. The van der Waals surface area contributed by atoms with E-state index >= 15 is 0 Å². The lowest BCUT2D eigenvalue weighted by molar-refractivity contribution is -0.144. The predicted octanol–water partition coefficient (Wildman–Crippen LogP) is 2.38. The van der Waals surface area contributed by atoms with E-state index in [4.69, 9.17) is 0 Å². The fourth-order valence-corrected chi connectivity index (χ4v) is 4.04. The summed E-state index contributed by atoms with van der Waals surface area (Å²) < 4.78 is 0. The van der Waals surface area contributed by atoms with Crippen LogP contribution >= 0.6 is 0 Å². The van der Waals surface area contributed by atoms with Crippen molar-refractivity contribution in [3.8, 4) is 0 Å². The molecule has 0 aromatic heterocycles. The van der Waals surface area contributed by atoms with Gasteiger partial charge in [0.2, 0.25) is 0 Å². The van der Waals surface area contributed by atoms with Gasteiger partial charge in [-0.15, -0.1) is 0 Å². The van der Waals surface area contributed by atoms with Gasteiger partial charge in [0.05, 0.1) is 5.92 Å². The molecule has 5 atom stereocenters. The van der Waals surface area contributed by atoms with Crippen LogP contribution in [0.3, 0.4) is 0 Å². The van der Waals surface area contributed by atoms with Crippen LogP contribution in [0.5, 0.6) is 0 Å². The van der Waals surface area contributed by atoms with Crippen molar-refractivity contribution in [2.24, 2.45) is 23.7 Å². The second kappa shape index (κ2) is 4.69. The van der Waals surface area contributed by atoms with Crippen molar-refractivity contribution in [3.63, 3.8) is 0 Å². The van der Waals surface area contributed by atoms with Crippen molar-refractivity contribution in [2.75, 3.05) is 13.1 Å². The Bertz CT molecular complexity index is 366. The number of likely N-dealkylation sites (tertiary alicyclic amines) is 1. The van der Waals surface area contributed by atoms with Crippen LogP contribution in [0.1, 0.15) is 32.6 Å². The molecule has 0 aromatic carbocycles. The lowest BCUT2D eigenvalue weighted by atomic mass is 9.89. The van der Waals surface area contributed by atoms with Gasteiger partial charge in [0, 0.05) is 19.1 Å². The van der Waals surface area contributed by atoms with Gasteiger partial charge in [-0.05, 0) is 50.4 Å². The Morgan fingerprint density at radius 1 is 1.33 bits per heavy atom. The van der Waals surface area contributed by atoms with E-state index in [-0.39, 0.29) is 5.92 Å². The minimum Gasteiger partial charge on any atom is -0.481 e. The number of piperidine rings is 1. The number of aliphatic carboxylic acids is 1. The fraction of sp³-hybridized carbons (Fsp3) is 0.800. The minimum atomic E-state index is -0.611. The number of fused-ring (bicyclic) bond motifs is 2. The number of carboxylic acids is 1. The van der Waals surface area contributed by atoms with E-state index in [1.54, 1.807) is 0 Å². The number of allylic oxidation sites excluding steroid dienone is 2. The molecule has 3 aliphatic rings. The Morgan fingerprint density at radius 3 is 2.78 bits per heavy atom. The first-order valence-electron chi connectivity index (χ1n) is 7.28. The van der Waals surface area contributed by atoms with Crippen molar-refractivity contribution >= 4 is 5.97 Å². The molecule has 0 aromatic rings. The van der Waals surface area contributed by atoms with Gasteiger partial charge >= 0.3 is 5.97 Å². The van der Waals surface area contributed by atoms with Crippen molar-refractivity contribution in [3.05, 3.63) is 12.2 Å². The Balaban J connectivity index is 1.60. The molecule has 3 nitrogen and oxygen atoms in total. The van der Waals surface area contributed by atoms with Crippen LogP contribution in [0, 0.1) is 23.7 Å². The van der Waals surface area contributed by atoms with E-state index in [1.165, 1.54) is 12.8 Å². The molecule has 2 fully saturated rings. The maximum Gasteiger partial charge on any atom is 0.307 e. The standard InChI is InChI=1S/C15H23NO2/c1-10-2-4-13(15(17)18)8-16(10)9-14-7-11-3-5-12(14)6-11/h3,5,10-14H,2,4,6-9H2,1H3,(H,17,18). The third kappa shape index (κ3) is 2.20. The molecular weight excluding hydrogens is 226 g/mol. The molecule has 5 unspecified atom stereocenters. The Hall–Kier alpha value is -0.830. The summed E-state index contributed by atoms with van der Waals surface area (Å²) in [5.41, 5.74) is 0. The Morgan fingerprint density at radius 2 is 2.17 bits per heavy atom. The normalized spacial score (nSPS) is 43.5. The van der Waals surface area contributed by atoms with Gasteiger partial charge in [-0.25, -0.2) is 0 Å². The smallest absolute Gasteiger partial charge is 0.307 e. The topological polar surface area (TPSA) is 40.5 Å². The second-order valence-electron chi connectivity index (χ2n) is 6.46. The average molecular weight is 249 g/mol. The zero-order valence-corrected chi connectivity index (χ0v) is 11.1. The van der Waals surface area contributed by atoms with E-state index < -0.39 is 5.97 Å². The Labute approximate surface area is 109 Å². The molecule has 3 rings (SSSR count). The Kier molecular flexibility index (Phi) is 3.18. The molecule has 100 valence electrons. The monoisotopic (exact) mass is 249 g/mol. The summed E-state index contributed by atoms with van der Waals surface area (Å²) in [6.07, 6.45) is 9.32. The maximum absolute atomic E-state index is 11.1. The molecule has 1 saturated heterocycles. The molecule has 2 aliphatic carbocycles. The lowest BCUT2D eigenvalue weighted by Crippen LogP contribution is -2.46. The van der Waals surface area contributed by atoms with Crippen molar-refractivity contribution in [1.29, 1.82) is 0 Å². The molecule has 0 amide bonds. The number of nitrogens with zero attached hydrogens (tertiary/aromatic N) is 1. The molecule has 18 heavy (non-hydrogen) atoms. The van der Waals surface area contributed by atoms with Crippen molar-refractivity contribution in [2.45, 2.75) is 38.6 Å². The first-order chi connectivity index (χ1) is 8.63.